The maximum Gasteiger partial charge on any atom is 0.433 e. The van der Waals surface area contributed by atoms with Gasteiger partial charge in [0.1, 0.15) is 17.1 Å². The maximum atomic E-state index is 14.9. The first-order valence-corrected chi connectivity index (χ1v) is 15.3. The minimum Gasteiger partial charge on any atom is -0.380 e. The highest BCUT2D eigenvalue weighted by Gasteiger charge is 2.32. The molecule has 6 rings (SSSR count). The van der Waals surface area contributed by atoms with Crippen LogP contribution in [-0.4, -0.2) is 56.5 Å². The van der Waals surface area contributed by atoms with Crippen molar-refractivity contribution in [2.75, 3.05) is 30.8 Å². The van der Waals surface area contributed by atoms with Crippen molar-refractivity contribution < 1.29 is 22.4 Å². The van der Waals surface area contributed by atoms with E-state index in [4.69, 9.17) is 0 Å². The Bertz CT molecular complexity index is 1990. The lowest BCUT2D eigenvalue weighted by Gasteiger charge is -2.30. The number of alkyl halides is 3. The third-order valence-electron chi connectivity index (χ3n) is 8.13. The third-order valence-corrected chi connectivity index (χ3v) is 8.13. The fraction of sp³-hybridized carbons (Fsp3) is 0.265. The molecule has 3 N–H and O–H groups in total. The molecule has 0 unspecified atom stereocenters. The Labute approximate surface area is 272 Å². The van der Waals surface area contributed by atoms with Crippen LogP contribution < -0.4 is 21.5 Å². The van der Waals surface area contributed by atoms with Gasteiger partial charge in [0.15, 0.2) is 0 Å². The largest absolute Gasteiger partial charge is 0.433 e. The van der Waals surface area contributed by atoms with Gasteiger partial charge in [-0.3, -0.25) is 14.6 Å². The Morgan fingerprint density at radius 2 is 1.77 bits per heavy atom. The SMILES string of the molecule is CN1CCC(Nc2ccc(Nc3ncc4cc(CNC(=O)c5cccn(Cc6ccc(C(F)(F)F)nc6)c5=O)ccc4n3)cc2F)CC1. The van der Waals surface area contributed by atoms with Crippen molar-refractivity contribution in [2.24, 2.45) is 0 Å². The topological polar surface area (TPSA) is 117 Å². The number of amides is 1. The minimum absolute atomic E-state index is 0.0529. The van der Waals surface area contributed by atoms with Crippen molar-refractivity contribution in [3.05, 3.63) is 118 Å². The van der Waals surface area contributed by atoms with Crippen molar-refractivity contribution in [1.29, 1.82) is 0 Å². The number of anilines is 3. The molecule has 4 heterocycles. The Balaban J connectivity index is 1.06. The van der Waals surface area contributed by atoms with E-state index in [0.29, 0.717) is 33.8 Å². The highest BCUT2D eigenvalue weighted by molar-refractivity contribution is 5.93. The number of piperidine rings is 1. The molecule has 3 aromatic heterocycles. The Kier molecular flexibility index (Phi) is 9.35. The first-order valence-electron chi connectivity index (χ1n) is 15.3. The van der Waals surface area contributed by atoms with E-state index in [2.05, 4.69) is 42.8 Å². The molecule has 1 aliphatic heterocycles. The van der Waals surface area contributed by atoms with Crippen molar-refractivity contribution in [3.63, 3.8) is 0 Å². The number of nitrogens with one attached hydrogen (secondary N) is 3. The van der Waals surface area contributed by atoms with E-state index in [1.165, 1.54) is 35.0 Å². The lowest BCUT2D eigenvalue weighted by atomic mass is 10.1. The molecule has 1 saturated heterocycles. The summed E-state index contributed by atoms with van der Waals surface area (Å²) in [7, 11) is 2.08. The van der Waals surface area contributed by atoms with Crippen molar-refractivity contribution >= 4 is 34.1 Å². The van der Waals surface area contributed by atoms with Gasteiger partial charge in [0.25, 0.3) is 11.5 Å². The van der Waals surface area contributed by atoms with Gasteiger partial charge in [0.2, 0.25) is 5.95 Å². The molecule has 1 amide bonds. The molecule has 0 spiro atoms. The zero-order valence-corrected chi connectivity index (χ0v) is 25.9. The molecule has 0 saturated carbocycles. The van der Waals surface area contributed by atoms with Gasteiger partial charge in [-0.2, -0.15) is 13.2 Å². The molecular weight excluding hydrogens is 628 g/mol. The molecule has 248 valence electrons. The van der Waals surface area contributed by atoms with Crippen molar-refractivity contribution in [2.45, 2.75) is 38.1 Å². The molecule has 14 heteroatoms. The van der Waals surface area contributed by atoms with Crippen LogP contribution in [0.15, 0.2) is 84.0 Å². The van der Waals surface area contributed by atoms with Crippen LogP contribution in [0, 0.1) is 5.82 Å². The van der Waals surface area contributed by atoms with Crippen molar-refractivity contribution in [3.8, 4) is 0 Å². The van der Waals surface area contributed by atoms with E-state index in [1.807, 2.05) is 6.07 Å². The van der Waals surface area contributed by atoms with Gasteiger partial charge < -0.3 is 25.4 Å². The summed E-state index contributed by atoms with van der Waals surface area (Å²) in [5.41, 5.74) is 0.982. The predicted octanol–water partition coefficient (Wildman–Crippen LogP) is 5.57. The molecule has 2 aromatic carbocycles. The molecule has 1 aliphatic rings. The number of pyridine rings is 2. The quantitative estimate of drug-likeness (QED) is 0.176. The first-order chi connectivity index (χ1) is 23.0. The second kappa shape index (κ2) is 13.8. The number of carbonyl (C=O) groups is 1. The number of nitrogens with zero attached hydrogens (tertiary/aromatic N) is 5. The van der Waals surface area contributed by atoms with Gasteiger partial charge in [-0.15, -0.1) is 0 Å². The molecule has 0 radical (unpaired) electrons. The highest BCUT2D eigenvalue weighted by atomic mass is 19.4. The molecule has 10 nitrogen and oxygen atoms in total. The van der Waals surface area contributed by atoms with E-state index in [0.717, 1.165) is 43.8 Å². The number of rotatable bonds is 9. The smallest absolute Gasteiger partial charge is 0.380 e. The molecule has 0 bridgehead atoms. The maximum absolute atomic E-state index is 14.9. The van der Waals surface area contributed by atoms with E-state index >= 15 is 0 Å². The predicted molar refractivity (Wildman–Crippen MR) is 174 cm³/mol. The molecule has 0 atom stereocenters. The Morgan fingerprint density at radius 1 is 0.979 bits per heavy atom. The Morgan fingerprint density at radius 3 is 2.50 bits per heavy atom. The lowest BCUT2D eigenvalue weighted by Crippen LogP contribution is -2.36. The molecule has 1 fully saturated rings. The van der Waals surface area contributed by atoms with E-state index in [9.17, 15) is 27.2 Å². The summed E-state index contributed by atoms with van der Waals surface area (Å²) in [6.07, 6.45) is 1.47. The zero-order chi connectivity index (χ0) is 33.8. The number of aromatic nitrogens is 4. The number of halogens is 4. The zero-order valence-electron chi connectivity index (χ0n) is 25.9. The first kappa shape index (κ1) is 32.6. The summed E-state index contributed by atoms with van der Waals surface area (Å²) >= 11 is 0. The van der Waals surface area contributed by atoms with Crippen LogP contribution in [0.5, 0.6) is 0 Å². The second-order valence-corrected chi connectivity index (χ2v) is 11.7. The summed E-state index contributed by atoms with van der Waals surface area (Å²) < 4.78 is 54.5. The average Bonchev–Trinajstić information content (AvgIpc) is 3.06. The van der Waals surface area contributed by atoms with Crippen LogP contribution in [0.4, 0.5) is 34.9 Å². The van der Waals surface area contributed by atoms with E-state index in [-0.39, 0.29) is 30.5 Å². The monoisotopic (exact) mass is 660 g/mol. The lowest BCUT2D eigenvalue weighted by molar-refractivity contribution is -0.141. The number of fused-ring (bicyclic) bond motifs is 1. The highest BCUT2D eigenvalue weighted by Crippen LogP contribution is 2.27. The fourth-order valence-corrected chi connectivity index (χ4v) is 5.46. The van der Waals surface area contributed by atoms with Gasteiger partial charge in [0, 0.05) is 42.3 Å². The summed E-state index contributed by atoms with van der Waals surface area (Å²) in [6.45, 7) is 2.01. The average molecular weight is 661 g/mol. The summed E-state index contributed by atoms with van der Waals surface area (Å²) in [6, 6.07) is 15.5. The molecule has 0 aliphatic carbocycles. The molecular formula is C34H32F4N8O2. The minimum atomic E-state index is -4.56. The van der Waals surface area contributed by atoms with Gasteiger partial charge >= 0.3 is 6.18 Å². The van der Waals surface area contributed by atoms with E-state index in [1.54, 1.807) is 30.5 Å². The fourth-order valence-electron chi connectivity index (χ4n) is 5.46. The second-order valence-electron chi connectivity index (χ2n) is 11.7. The van der Waals surface area contributed by atoms with Crippen molar-refractivity contribution in [1.82, 2.24) is 29.7 Å². The summed E-state index contributed by atoms with van der Waals surface area (Å²) in [5.74, 6) is -0.667. The summed E-state index contributed by atoms with van der Waals surface area (Å²) in [5, 5.41) is 9.79. The van der Waals surface area contributed by atoms with Crippen LogP contribution in [0.25, 0.3) is 10.9 Å². The van der Waals surface area contributed by atoms with Gasteiger partial charge in [-0.05, 0) is 92.6 Å². The number of hydrogen-bond acceptors (Lipinski definition) is 8. The van der Waals surface area contributed by atoms with Crippen LogP contribution in [-0.2, 0) is 19.3 Å². The van der Waals surface area contributed by atoms with Crippen LogP contribution in [0.1, 0.15) is 40.0 Å². The van der Waals surface area contributed by atoms with E-state index < -0.39 is 23.3 Å². The van der Waals surface area contributed by atoms with Crippen LogP contribution >= 0.6 is 0 Å². The standard InChI is InChI=1S/C34H32F4N8O2/c1-45-13-10-24(11-14-45)42-29-8-6-25(16-27(29)35)43-33-41-19-23-15-21(4-7-28(23)44-33)17-40-31(47)26-3-2-12-46(32(26)48)20-22-5-9-30(39-18-22)34(36,37)38/h2-9,12,15-16,18-19,24,42H,10-11,13-14,17,20H2,1H3,(H,40,47)(H,41,43,44). The molecule has 48 heavy (non-hydrogen) atoms. The number of likely N-dealkylation sites (tertiary alicyclic amines) is 1. The van der Waals surface area contributed by atoms with Gasteiger partial charge in [0.05, 0.1) is 17.7 Å². The van der Waals surface area contributed by atoms with Gasteiger partial charge in [-0.1, -0.05) is 12.1 Å². The third kappa shape index (κ3) is 7.77. The number of carbonyl (C=O) groups excluding carboxylic acids is 1. The normalized spacial score (nSPS) is 14.2. The number of benzene rings is 2. The van der Waals surface area contributed by atoms with Gasteiger partial charge in [-0.25, -0.2) is 14.4 Å². The Hall–Kier alpha value is -5.37. The van der Waals surface area contributed by atoms with Crippen LogP contribution in [0.2, 0.25) is 0 Å². The number of hydrogen-bond donors (Lipinski definition) is 3. The molecule has 5 aromatic rings. The summed E-state index contributed by atoms with van der Waals surface area (Å²) in [4.78, 5) is 40.4. The van der Waals surface area contributed by atoms with Crippen LogP contribution in [0.3, 0.4) is 0 Å².